The largest absolute Gasteiger partial charge is 0.507 e. The van der Waals surface area contributed by atoms with E-state index in [2.05, 4.69) is 10.3 Å². The van der Waals surface area contributed by atoms with Crippen LogP contribution in [0.1, 0.15) is 10.4 Å². The standard InChI is InChI=1S/C14H14ClN3O2/c1-18(2)13-6-4-10(8-16-13)17-14(20)11-7-9(15)3-5-12(11)19/h3-8,19H,1-2H3,(H,17,20). The lowest BCUT2D eigenvalue weighted by Gasteiger charge is -2.12. The lowest BCUT2D eigenvalue weighted by atomic mass is 10.2. The van der Waals surface area contributed by atoms with Crippen molar-refractivity contribution >= 4 is 29.0 Å². The number of aromatic hydroxyl groups is 1. The highest BCUT2D eigenvalue weighted by Gasteiger charge is 2.12. The van der Waals surface area contributed by atoms with Gasteiger partial charge in [0.25, 0.3) is 5.91 Å². The zero-order valence-electron chi connectivity index (χ0n) is 11.1. The Bertz CT molecular complexity index is 627. The molecule has 0 atom stereocenters. The molecule has 0 unspecified atom stereocenters. The normalized spacial score (nSPS) is 10.2. The lowest BCUT2D eigenvalue weighted by Crippen LogP contribution is -2.14. The summed E-state index contributed by atoms with van der Waals surface area (Å²) in [4.78, 5) is 18.1. The second-order valence-electron chi connectivity index (χ2n) is 4.42. The summed E-state index contributed by atoms with van der Waals surface area (Å²) in [5.74, 6) is 0.225. The molecule has 104 valence electrons. The fourth-order valence-electron chi connectivity index (χ4n) is 1.61. The van der Waals surface area contributed by atoms with Crippen LogP contribution in [0.2, 0.25) is 5.02 Å². The Morgan fingerprint density at radius 1 is 1.30 bits per heavy atom. The first kappa shape index (κ1) is 14.1. The number of hydrogen-bond donors (Lipinski definition) is 2. The number of benzene rings is 1. The third kappa shape index (κ3) is 3.19. The van der Waals surface area contributed by atoms with Crippen molar-refractivity contribution in [2.75, 3.05) is 24.3 Å². The van der Waals surface area contributed by atoms with Crippen LogP contribution in [-0.2, 0) is 0 Å². The van der Waals surface area contributed by atoms with Gasteiger partial charge in [0.15, 0.2) is 0 Å². The van der Waals surface area contributed by atoms with E-state index in [4.69, 9.17) is 11.6 Å². The minimum Gasteiger partial charge on any atom is -0.507 e. The van der Waals surface area contributed by atoms with E-state index in [-0.39, 0.29) is 11.3 Å². The Morgan fingerprint density at radius 3 is 2.65 bits per heavy atom. The number of nitrogens with zero attached hydrogens (tertiary/aromatic N) is 2. The van der Waals surface area contributed by atoms with Crippen LogP contribution in [0.4, 0.5) is 11.5 Å². The van der Waals surface area contributed by atoms with E-state index in [1.54, 1.807) is 18.3 Å². The summed E-state index contributed by atoms with van der Waals surface area (Å²) < 4.78 is 0. The van der Waals surface area contributed by atoms with Crippen LogP contribution in [0.3, 0.4) is 0 Å². The van der Waals surface area contributed by atoms with Gasteiger partial charge in [0.2, 0.25) is 0 Å². The molecule has 2 aromatic rings. The summed E-state index contributed by atoms with van der Waals surface area (Å²) in [5, 5.41) is 12.7. The van der Waals surface area contributed by atoms with Crippen LogP contribution in [-0.4, -0.2) is 30.1 Å². The number of halogens is 1. The van der Waals surface area contributed by atoms with Crippen molar-refractivity contribution in [3.8, 4) is 5.75 Å². The molecule has 0 fully saturated rings. The molecule has 20 heavy (non-hydrogen) atoms. The van der Waals surface area contributed by atoms with Crippen LogP contribution in [0.5, 0.6) is 5.75 Å². The average Bonchev–Trinajstić information content (AvgIpc) is 2.42. The molecule has 0 saturated carbocycles. The third-order valence-electron chi connectivity index (χ3n) is 2.67. The molecule has 0 radical (unpaired) electrons. The second kappa shape index (κ2) is 5.79. The van der Waals surface area contributed by atoms with Gasteiger partial charge in [0, 0.05) is 19.1 Å². The van der Waals surface area contributed by atoms with E-state index in [0.717, 1.165) is 5.82 Å². The fraction of sp³-hybridized carbons (Fsp3) is 0.143. The highest BCUT2D eigenvalue weighted by Crippen LogP contribution is 2.22. The van der Waals surface area contributed by atoms with Gasteiger partial charge in [0.1, 0.15) is 11.6 Å². The van der Waals surface area contributed by atoms with Crippen molar-refractivity contribution in [2.24, 2.45) is 0 Å². The molecule has 1 amide bonds. The number of phenolic OH excluding ortho intramolecular Hbond substituents is 1. The van der Waals surface area contributed by atoms with Crippen LogP contribution >= 0.6 is 11.6 Å². The van der Waals surface area contributed by atoms with Crippen molar-refractivity contribution < 1.29 is 9.90 Å². The molecule has 0 aliphatic heterocycles. The van der Waals surface area contributed by atoms with Crippen LogP contribution in [0.25, 0.3) is 0 Å². The lowest BCUT2D eigenvalue weighted by molar-refractivity contribution is 0.102. The number of carbonyl (C=O) groups excluding carboxylic acids is 1. The molecule has 6 heteroatoms. The van der Waals surface area contributed by atoms with Gasteiger partial charge >= 0.3 is 0 Å². The Morgan fingerprint density at radius 2 is 2.05 bits per heavy atom. The molecule has 0 aliphatic rings. The maximum Gasteiger partial charge on any atom is 0.259 e. The number of anilines is 2. The Hall–Kier alpha value is -2.27. The number of phenols is 1. The molecule has 0 saturated heterocycles. The molecule has 0 bridgehead atoms. The SMILES string of the molecule is CN(C)c1ccc(NC(=O)c2cc(Cl)ccc2O)cn1. The van der Waals surface area contributed by atoms with E-state index in [1.165, 1.54) is 18.2 Å². The molecule has 0 spiro atoms. The first-order valence-corrected chi connectivity index (χ1v) is 6.28. The zero-order chi connectivity index (χ0) is 14.7. The molecule has 1 aromatic heterocycles. The minimum atomic E-state index is -0.440. The van der Waals surface area contributed by atoms with Gasteiger partial charge in [-0.15, -0.1) is 0 Å². The summed E-state index contributed by atoms with van der Waals surface area (Å²) in [6.45, 7) is 0. The monoisotopic (exact) mass is 291 g/mol. The van der Waals surface area contributed by atoms with Gasteiger partial charge < -0.3 is 15.3 Å². The fourth-order valence-corrected chi connectivity index (χ4v) is 1.79. The van der Waals surface area contributed by atoms with Crippen molar-refractivity contribution in [1.82, 2.24) is 4.98 Å². The third-order valence-corrected chi connectivity index (χ3v) is 2.90. The average molecular weight is 292 g/mol. The molecule has 5 nitrogen and oxygen atoms in total. The molecule has 2 N–H and O–H groups in total. The number of aromatic nitrogens is 1. The van der Waals surface area contributed by atoms with Crippen LogP contribution in [0, 0.1) is 0 Å². The maximum absolute atomic E-state index is 12.0. The number of hydrogen-bond acceptors (Lipinski definition) is 4. The number of rotatable bonds is 3. The molecule has 2 rings (SSSR count). The summed E-state index contributed by atoms with van der Waals surface area (Å²) in [6.07, 6.45) is 1.55. The van der Waals surface area contributed by atoms with Crippen LogP contribution < -0.4 is 10.2 Å². The summed E-state index contributed by atoms with van der Waals surface area (Å²) in [6, 6.07) is 7.83. The topological polar surface area (TPSA) is 65.5 Å². The Kier molecular flexibility index (Phi) is 4.10. The van der Waals surface area contributed by atoms with Gasteiger partial charge in [-0.1, -0.05) is 11.6 Å². The van der Waals surface area contributed by atoms with Gasteiger partial charge in [-0.05, 0) is 30.3 Å². The smallest absolute Gasteiger partial charge is 0.259 e. The Balaban J connectivity index is 2.17. The highest BCUT2D eigenvalue weighted by molar-refractivity contribution is 6.31. The van der Waals surface area contributed by atoms with Gasteiger partial charge in [-0.3, -0.25) is 4.79 Å². The van der Waals surface area contributed by atoms with E-state index in [0.29, 0.717) is 10.7 Å². The zero-order valence-corrected chi connectivity index (χ0v) is 11.8. The van der Waals surface area contributed by atoms with Gasteiger partial charge in [0.05, 0.1) is 17.4 Å². The molecule has 1 aromatic carbocycles. The number of amides is 1. The van der Waals surface area contributed by atoms with Crippen molar-refractivity contribution in [1.29, 1.82) is 0 Å². The number of carbonyl (C=O) groups is 1. The van der Waals surface area contributed by atoms with Crippen molar-refractivity contribution in [2.45, 2.75) is 0 Å². The van der Waals surface area contributed by atoms with E-state index in [1.807, 2.05) is 19.0 Å². The summed E-state index contributed by atoms with van der Waals surface area (Å²) in [7, 11) is 3.76. The van der Waals surface area contributed by atoms with E-state index in [9.17, 15) is 9.90 Å². The molecule has 0 aliphatic carbocycles. The highest BCUT2D eigenvalue weighted by atomic mass is 35.5. The quantitative estimate of drug-likeness (QED) is 0.912. The predicted octanol–water partition coefficient (Wildman–Crippen LogP) is 2.76. The maximum atomic E-state index is 12.0. The summed E-state index contributed by atoms with van der Waals surface area (Å²) >= 11 is 5.81. The molecule has 1 heterocycles. The van der Waals surface area contributed by atoms with E-state index < -0.39 is 5.91 Å². The van der Waals surface area contributed by atoms with Crippen molar-refractivity contribution in [3.05, 3.63) is 47.1 Å². The number of pyridine rings is 1. The van der Waals surface area contributed by atoms with Crippen LogP contribution in [0.15, 0.2) is 36.5 Å². The van der Waals surface area contributed by atoms with Gasteiger partial charge in [-0.2, -0.15) is 0 Å². The second-order valence-corrected chi connectivity index (χ2v) is 4.85. The Labute approximate surface area is 121 Å². The summed E-state index contributed by atoms with van der Waals surface area (Å²) in [5.41, 5.74) is 0.661. The molecular weight excluding hydrogens is 278 g/mol. The predicted molar refractivity (Wildman–Crippen MR) is 79.6 cm³/mol. The number of nitrogens with one attached hydrogen (secondary N) is 1. The van der Waals surface area contributed by atoms with Crippen molar-refractivity contribution in [3.63, 3.8) is 0 Å². The van der Waals surface area contributed by atoms with E-state index >= 15 is 0 Å². The minimum absolute atomic E-state index is 0.120. The van der Waals surface area contributed by atoms with Gasteiger partial charge in [-0.25, -0.2) is 4.98 Å². The molecular formula is C14H14ClN3O2. The first-order chi connectivity index (χ1) is 9.47. The first-order valence-electron chi connectivity index (χ1n) is 5.90.